The van der Waals surface area contributed by atoms with Gasteiger partial charge in [-0.25, -0.2) is 18.4 Å². The van der Waals surface area contributed by atoms with Gasteiger partial charge in [-0.05, 0) is 42.2 Å². The van der Waals surface area contributed by atoms with E-state index in [1.165, 1.54) is 37.5 Å². The maximum absolute atomic E-state index is 13.8. The molecule has 1 aromatic carbocycles. The minimum atomic E-state index is -4.79. The molecular weight excluding hydrogens is 560 g/mol. The van der Waals surface area contributed by atoms with Gasteiger partial charge in [0, 0.05) is 37.2 Å². The first-order chi connectivity index (χ1) is 18.1. The van der Waals surface area contributed by atoms with Gasteiger partial charge in [-0.15, -0.1) is 0 Å². The summed E-state index contributed by atoms with van der Waals surface area (Å²) in [6, 6.07) is 5.73. The molecule has 11 nitrogen and oxygen atoms in total. The Balaban J connectivity index is 2.01. The second kappa shape index (κ2) is 11.5. The molecule has 212 valence electrons. The van der Waals surface area contributed by atoms with E-state index in [9.17, 15) is 35.9 Å². The fourth-order valence-corrected chi connectivity index (χ4v) is 5.35. The largest absolute Gasteiger partial charge is 0.421 e. The molecule has 0 saturated heterocycles. The molecule has 0 amide bonds. The summed E-state index contributed by atoms with van der Waals surface area (Å²) in [6.07, 6.45) is -1.15. The summed E-state index contributed by atoms with van der Waals surface area (Å²) in [5.74, 6) is -0.707. The number of alkyl halides is 3. The number of aromatic nitrogens is 3. The molecule has 0 unspecified atom stereocenters. The Morgan fingerprint density at radius 1 is 1.08 bits per heavy atom. The molecule has 0 bridgehead atoms. The highest BCUT2D eigenvalue weighted by molar-refractivity contribution is 7.92. The van der Waals surface area contributed by atoms with Crippen LogP contribution < -0.4 is 20.2 Å². The van der Waals surface area contributed by atoms with Crippen LogP contribution in [0.3, 0.4) is 0 Å². The number of benzene rings is 1. The van der Waals surface area contributed by atoms with Gasteiger partial charge in [-0.2, -0.15) is 18.2 Å². The molecule has 3 aromatic rings. The zero-order valence-electron chi connectivity index (χ0n) is 21.5. The standard InChI is InChI=1S/C23H28F3N6O5PS/c1-5-15-16(6-2)19(38(33,34)35)10-9-18(15)30-22-29-13-17(23(24,25)26)20(31-22)28-12-14-8-7-11-27-21(14)32(3)39(4,36)37/h7-11,13H,5-6,12H2,1-4H3,(H2,33,34,35)(H2,28,29,30,31). The molecule has 2 heterocycles. The first-order valence-corrected chi connectivity index (χ1v) is 15.1. The molecule has 0 aliphatic rings. The van der Waals surface area contributed by atoms with Crippen molar-refractivity contribution < 1.29 is 35.9 Å². The Hall–Kier alpha value is -3.26. The number of anilines is 4. The van der Waals surface area contributed by atoms with Crippen molar-refractivity contribution >= 4 is 46.2 Å². The lowest BCUT2D eigenvalue weighted by atomic mass is 10.0. The third-order valence-electron chi connectivity index (χ3n) is 5.88. The highest BCUT2D eigenvalue weighted by atomic mass is 32.2. The summed E-state index contributed by atoms with van der Waals surface area (Å²) in [6.45, 7) is 3.28. The average molecular weight is 589 g/mol. The summed E-state index contributed by atoms with van der Waals surface area (Å²) >= 11 is 0. The van der Waals surface area contributed by atoms with Gasteiger partial charge in [0.25, 0.3) is 0 Å². The van der Waals surface area contributed by atoms with E-state index in [-0.39, 0.29) is 23.6 Å². The van der Waals surface area contributed by atoms with E-state index in [1.807, 2.05) is 0 Å². The highest BCUT2D eigenvalue weighted by Gasteiger charge is 2.35. The second-order valence-electron chi connectivity index (χ2n) is 8.49. The monoisotopic (exact) mass is 588 g/mol. The molecule has 3 rings (SSSR count). The summed E-state index contributed by atoms with van der Waals surface area (Å²) in [5.41, 5.74) is 0.555. The lowest BCUT2D eigenvalue weighted by Crippen LogP contribution is -2.27. The minimum Gasteiger partial charge on any atom is -0.365 e. The van der Waals surface area contributed by atoms with Crippen LogP contribution in [-0.2, 0) is 40.2 Å². The second-order valence-corrected chi connectivity index (χ2v) is 12.1. The van der Waals surface area contributed by atoms with Gasteiger partial charge < -0.3 is 20.4 Å². The summed E-state index contributed by atoms with van der Waals surface area (Å²) in [5, 5.41) is 5.36. The van der Waals surface area contributed by atoms with Crippen molar-refractivity contribution in [2.75, 3.05) is 28.2 Å². The van der Waals surface area contributed by atoms with Crippen molar-refractivity contribution in [1.82, 2.24) is 15.0 Å². The van der Waals surface area contributed by atoms with Crippen LogP contribution in [0.5, 0.6) is 0 Å². The van der Waals surface area contributed by atoms with Crippen molar-refractivity contribution in [3.05, 3.63) is 58.9 Å². The Kier molecular flexibility index (Phi) is 8.90. The fraction of sp³-hybridized carbons (Fsp3) is 0.348. The molecule has 0 aliphatic heterocycles. The zero-order valence-corrected chi connectivity index (χ0v) is 23.2. The molecule has 0 fully saturated rings. The zero-order chi connectivity index (χ0) is 29.2. The van der Waals surface area contributed by atoms with Crippen LogP contribution in [-0.4, -0.2) is 46.5 Å². The molecule has 16 heteroatoms. The predicted molar refractivity (Wildman–Crippen MR) is 142 cm³/mol. The lowest BCUT2D eigenvalue weighted by Gasteiger charge is -2.20. The maximum atomic E-state index is 13.8. The van der Waals surface area contributed by atoms with E-state index in [2.05, 4.69) is 25.6 Å². The van der Waals surface area contributed by atoms with E-state index in [4.69, 9.17) is 0 Å². The van der Waals surface area contributed by atoms with E-state index in [0.29, 0.717) is 41.4 Å². The number of pyridine rings is 1. The molecule has 4 N–H and O–H groups in total. The Morgan fingerprint density at radius 2 is 1.74 bits per heavy atom. The molecule has 2 aromatic heterocycles. The van der Waals surface area contributed by atoms with Crippen LogP contribution in [0.25, 0.3) is 0 Å². The van der Waals surface area contributed by atoms with Crippen LogP contribution >= 0.6 is 7.60 Å². The molecule has 0 radical (unpaired) electrons. The third kappa shape index (κ3) is 7.04. The van der Waals surface area contributed by atoms with Gasteiger partial charge in [-0.1, -0.05) is 19.9 Å². The molecular formula is C23H28F3N6O5PS. The van der Waals surface area contributed by atoms with Gasteiger partial charge in [-0.3, -0.25) is 8.87 Å². The number of hydrogen-bond donors (Lipinski definition) is 4. The van der Waals surface area contributed by atoms with E-state index >= 15 is 0 Å². The Labute approximate surface area is 223 Å². The molecule has 0 aliphatic carbocycles. The van der Waals surface area contributed by atoms with Crippen molar-refractivity contribution in [1.29, 1.82) is 0 Å². The number of hydrogen-bond acceptors (Lipinski definition) is 8. The minimum absolute atomic E-state index is 0.0401. The van der Waals surface area contributed by atoms with Crippen LogP contribution in [0.2, 0.25) is 0 Å². The molecule has 39 heavy (non-hydrogen) atoms. The van der Waals surface area contributed by atoms with E-state index in [0.717, 1.165) is 10.6 Å². The maximum Gasteiger partial charge on any atom is 0.421 e. The summed E-state index contributed by atoms with van der Waals surface area (Å²) in [4.78, 5) is 31.3. The fourth-order valence-electron chi connectivity index (χ4n) is 3.96. The average Bonchev–Trinajstić information content (AvgIpc) is 2.85. The van der Waals surface area contributed by atoms with Gasteiger partial charge in [0.2, 0.25) is 16.0 Å². The van der Waals surface area contributed by atoms with Gasteiger partial charge in [0.15, 0.2) is 0 Å². The number of sulfonamides is 1. The lowest BCUT2D eigenvalue weighted by molar-refractivity contribution is -0.137. The number of nitrogens with zero attached hydrogens (tertiary/aromatic N) is 4. The van der Waals surface area contributed by atoms with Crippen molar-refractivity contribution in [2.45, 2.75) is 39.4 Å². The first-order valence-electron chi connectivity index (χ1n) is 11.6. The molecule has 0 spiro atoms. The number of rotatable bonds is 10. The van der Waals surface area contributed by atoms with Crippen LogP contribution in [0, 0.1) is 0 Å². The van der Waals surface area contributed by atoms with Crippen LogP contribution in [0.1, 0.15) is 36.1 Å². The van der Waals surface area contributed by atoms with Crippen molar-refractivity contribution in [3.8, 4) is 0 Å². The number of halogens is 3. The summed E-state index contributed by atoms with van der Waals surface area (Å²) < 4.78 is 78.1. The Bertz CT molecular complexity index is 1510. The normalized spacial score (nSPS) is 12.3. The van der Waals surface area contributed by atoms with Gasteiger partial charge >= 0.3 is 13.8 Å². The van der Waals surface area contributed by atoms with Gasteiger partial charge in [0.1, 0.15) is 17.2 Å². The van der Waals surface area contributed by atoms with Gasteiger partial charge in [0.05, 0.1) is 11.6 Å². The predicted octanol–water partition coefficient (Wildman–Crippen LogP) is 3.57. The number of nitrogens with one attached hydrogen (secondary N) is 2. The first kappa shape index (κ1) is 30.3. The van der Waals surface area contributed by atoms with E-state index in [1.54, 1.807) is 13.8 Å². The third-order valence-corrected chi connectivity index (χ3v) is 8.09. The van der Waals surface area contributed by atoms with Crippen LogP contribution in [0.4, 0.5) is 36.4 Å². The van der Waals surface area contributed by atoms with Crippen molar-refractivity contribution in [3.63, 3.8) is 0 Å². The topological polar surface area (TPSA) is 158 Å². The van der Waals surface area contributed by atoms with Crippen LogP contribution in [0.15, 0.2) is 36.7 Å². The molecule has 0 saturated carbocycles. The van der Waals surface area contributed by atoms with Crippen molar-refractivity contribution in [2.24, 2.45) is 0 Å². The quantitative estimate of drug-likeness (QED) is 0.258. The smallest absolute Gasteiger partial charge is 0.365 e. The summed E-state index contributed by atoms with van der Waals surface area (Å²) in [7, 11) is -6.95. The van der Waals surface area contributed by atoms with E-state index < -0.39 is 35.2 Å². The highest BCUT2D eigenvalue weighted by Crippen LogP contribution is 2.38. The Morgan fingerprint density at radius 3 is 2.31 bits per heavy atom. The molecule has 0 atom stereocenters. The SMILES string of the molecule is CCc1c(Nc2ncc(C(F)(F)F)c(NCc3cccnc3N(C)S(C)(=O)=O)n2)ccc(P(=O)(O)O)c1CC.